The molecule has 0 radical (unpaired) electrons. The zero-order valence-corrected chi connectivity index (χ0v) is 18.9. The van der Waals surface area contributed by atoms with Crippen LogP contribution >= 0.6 is 23.2 Å². The molecule has 0 aliphatic rings. The Labute approximate surface area is 190 Å². The van der Waals surface area contributed by atoms with Gasteiger partial charge in [0.15, 0.2) is 0 Å². The predicted octanol–water partition coefficient (Wildman–Crippen LogP) is 2.39. The summed E-state index contributed by atoms with van der Waals surface area (Å²) in [7, 11) is 0. The van der Waals surface area contributed by atoms with Gasteiger partial charge in [0.1, 0.15) is 0 Å². The summed E-state index contributed by atoms with van der Waals surface area (Å²) in [4.78, 5) is 44.2. The number of nitrogens with one attached hydrogen (secondary N) is 1. The third-order valence-corrected chi connectivity index (χ3v) is 4.08. The molecule has 1 amide bonds. The van der Waals surface area contributed by atoms with Gasteiger partial charge in [0.2, 0.25) is 5.91 Å². The smallest absolute Gasteiger partial charge is 0.350 e. The second-order valence-electron chi connectivity index (χ2n) is 5.91. The molecule has 2 aromatic heterocycles. The number of esters is 2. The van der Waals surface area contributed by atoms with Gasteiger partial charge in [-0.1, -0.05) is 23.2 Å². The topological polar surface area (TPSA) is 134 Å². The molecule has 31 heavy (non-hydrogen) atoms. The Hall–Kier alpha value is -2.75. The summed E-state index contributed by atoms with van der Waals surface area (Å²) in [6.45, 7) is 4.84. The molecule has 0 fully saturated rings. The number of rotatable bonds is 7. The van der Waals surface area contributed by atoms with Crippen LogP contribution in [0.2, 0.25) is 10.0 Å². The Morgan fingerprint density at radius 1 is 0.968 bits per heavy atom. The number of ether oxygens (including phenoxy) is 2. The maximum Gasteiger partial charge on any atom is 0.350 e. The van der Waals surface area contributed by atoms with Crippen molar-refractivity contribution in [3.8, 4) is 0 Å². The van der Waals surface area contributed by atoms with E-state index in [4.69, 9.17) is 38.4 Å². The fraction of sp³-hybridized carbons (Fsp3) is 0.350. The molecule has 2 rings (SSSR count). The third kappa shape index (κ3) is 7.46. The van der Waals surface area contributed by atoms with E-state index >= 15 is 0 Å². The predicted molar refractivity (Wildman–Crippen MR) is 115 cm³/mol. The van der Waals surface area contributed by atoms with E-state index in [1.54, 1.807) is 26.1 Å². The summed E-state index contributed by atoms with van der Waals surface area (Å²) in [6, 6.07) is 6.38. The van der Waals surface area contributed by atoms with Crippen LogP contribution in [0.4, 0.5) is 0 Å². The number of pyridine rings is 2. The molecule has 0 aliphatic heterocycles. The van der Waals surface area contributed by atoms with Gasteiger partial charge in [0.05, 0.1) is 34.6 Å². The second-order valence-corrected chi connectivity index (χ2v) is 6.78. The lowest BCUT2D eigenvalue weighted by Crippen LogP contribution is -2.58. The highest BCUT2D eigenvalue weighted by atomic mass is 35.5. The van der Waals surface area contributed by atoms with Crippen molar-refractivity contribution >= 4 is 41.0 Å². The van der Waals surface area contributed by atoms with E-state index < -0.39 is 23.4 Å². The number of aromatic nitrogens is 2. The molecule has 0 atom stereocenters. The molecule has 2 aromatic rings. The Balaban J connectivity index is 0.000000442. The lowest BCUT2D eigenvalue weighted by atomic mass is 9.94. The van der Waals surface area contributed by atoms with Crippen molar-refractivity contribution in [3.05, 3.63) is 58.1 Å². The first-order chi connectivity index (χ1) is 14.7. The molecule has 0 aliphatic carbocycles. The van der Waals surface area contributed by atoms with Crippen molar-refractivity contribution < 1.29 is 23.9 Å². The highest BCUT2D eigenvalue weighted by molar-refractivity contribution is 6.30. The first-order valence-electron chi connectivity index (χ1n) is 9.26. The minimum atomic E-state index is -2.16. The van der Waals surface area contributed by atoms with Crippen LogP contribution in [0.25, 0.3) is 0 Å². The minimum absolute atomic E-state index is 0.0210. The van der Waals surface area contributed by atoms with E-state index in [1.165, 1.54) is 25.3 Å². The van der Waals surface area contributed by atoms with E-state index in [-0.39, 0.29) is 18.9 Å². The molecule has 0 unspecified atom stereocenters. The quantitative estimate of drug-likeness (QED) is 0.465. The largest absolute Gasteiger partial charge is 0.463 e. The molecule has 2 heterocycles. The summed E-state index contributed by atoms with van der Waals surface area (Å²) in [6.07, 6.45) is 2.84. The number of hydrogen-bond donors (Lipinski definition) is 2. The molecule has 3 N–H and O–H groups in total. The molecule has 0 aromatic carbocycles. The zero-order valence-electron chi connectivity index (χ0n) is 17.4. The maximum absolute atomic E-state index is 12.4. The normalized spacial score (nSPS) is 10.4. The summed E-state index contributed by atoms with van der Waals surface area (Å²) in [5, 5.41) is 3.26. The van der Waals surface area contributed by atoms with Crippen LogP contribution in [-0.4, -0.2) is 41.0 Å². The van der Waals surface area contributed by atoms with Crippen molar-refractivity contribution in [1.29, 1.82) is 0 Å². The number of hydrogen-bond acceptors (Lipinski definition) is 8. The third-order valence-electron chi connectivity index (χ3n) is 3.64. The first kappa shape index (κ1) is 26.3. The number of carbonyl (C=O) groups excluding carboxylic acids is 3. The van der Waals surface area contributed by atoms with Gasteiger partial charge in [0, 0.05) is 25.9 Å². The summed E-state index contributed by atoms with van der Waals surface area (Å²) < 4.78 is 9.87. The summed E-state index contributed by atoms with van der Waals surface area (Å²) in [5.41, 5.74) is 3.95. The maximum atomic E-state index is 12.4. The Kier molecular flexibility index (Phi) is 10.9. The highest BCUT2D eigenvalue weighted by Crippen LogP contribution is 2.25. The molecule has 168 valence electrons. The van der Waals surface area contributed by atoms with Crippen LogP contribution in [0, 0.1) is 0 Å². The number of carbonyl (C=O) groups is 3. The van der Waals surface area contributed by atoms with Crippen molar-refractivity contribution in [2.75, 3.05) is 13.2 Å². The fourth-order valence-electron chi connectivity index (χ4n) is 2.33. The van der Waals surface area contributed by atoms with E-state index in [0.29, 0.717) is 16.6 Å². The van der Waals surface area contributed by atoms with E-state index in [9.17, 15) is 14.4 Å². The van der Waals surface area contributed by atoms with Crippen molar-refractivity contribution in [2.45, 2.75) is 32.9 Å². The molecule has 0 spiro atoms. The molecule has 11 heteroatoms. The monoisotopic (exact) mass is 470 g/mol. The lowest BCUT2D eigenvalue weighted by molar-refractivity contribution is -0.169. The van der Waals surface area contributed by atoms with Gasteiger partial charge in [-0.2, -0.15) is 0 Å². The fourth-order valence-corrected chi connectivity index (χ4v) is 2.55. The molecule has 9 nitrogen and oxygen atoms in total. The molecular formula is C20H24Cl2N4O5. The van der Waals surface area contributed by atoms with Crippen LogP contribution < -0.4 is 11.1 Å². The average molecular weight is 471 g/mol. The van der Waals surface area contributed by atoms with Gasteiger partial charge in [-0.05, 0) is 38.1 Å². The van der Waals surface area contributed by atoms with Gasteiger partial charge in [-0.15, -0.1) is 0 Å². The van der Waals surface area contributed by atoms with E-state index in [2.05, 4.69) is 15.3 Å². The highest BCUT2D eigenvalue weighted by Gasteiger charge is 2.53. The number of halogens is 2. The van der Waals surface area contributed by atoms with Gasteiger partial charge in [-0.3, -0.25) is 14.8 Å². The summed E-state index contributed by atoms with van der Waals surface area (Å²) >= 11 is 11.3. The minimum Gasteiger partial charge on any atom is -0.463 e. The van der Waals surface area contributed by atoms with Crippen molar-refractivity contribution in [2.24, 2.45) is 5.73 Å². The van der Waals surface area contributed by atoms with Crippen LogP contribution in [0.5, 0.6) is 0 Å². The van der Waals surface area contributed by atoms with Crippen molar-refractivity contribution in [3.63, 3.8) is 0 Å². The van der Waals surface area contributed by atoms with Crippen LogP contribution in [0.3, 0.4) is 0 Å². The van der Waals surface area contributed by atoms with Gasteiger partial charge in [-0.25, -0.2) is 9.59 Å². The Bertz CT molecular complexity index is 858. The van der Waals surface area contributed by atoms with E-state index in [0.717, 1.165) is 5.69 Å². The van der Waals surface area contributed by atoms with Gasteiger partial charge < -0.3 is 20.5 Å². The number of nitrogens with zero attached hydrogens (tertiary/aromatic N) is 2. The standard InChI is InChI=1S/C14H17ClN2O5.C6H7ClN2/c1-4-21-12(19)14(17-9(3)18,13(20)22-5-2)11-7-6-10(15)8-16-11;7-5-1-2-6(3-8)9-4-5/h6-8H,4-5H2,1-3H3,(H,17,18);1-2,4H,3,8H2. The lowest BCUT2D eigenvalue weighted by Gasteiger charge is -2.29. The number of amides is 1. The second kappa shape index (κ2) is 12.8. The Morgan fingerprint density at radius 3 is 1.84 bits per heavy atom. The van der Waals surface area contributed by atoms with Gasteiger partial charge in [0.25, 0.3) is 5.54 Å². The Morgan fingerprint density at radius 2 is 1.48 bits per heavy atom. The molecular weight excluding hydrogens is 447 g/mol. The summed E-state index contributed by atoms with van der Waals surface area (Å²) in [5.74, 6) is -2.56. The van der Waals surface area contributed by atoms with Crippen LogP contribution in [0.15, 0.2) is 36.7 Å². The zero-order chi connectivity index (χ0) is 23.4. The molecule has 0 saturated heterocycles. The SMILES string of the molecule is CCOC(=O)C(NC(C)=O)(C(=O)OCC)c1ccc(Cl)cn1.NCc1ccc(Cl)cn1. The first-order valence-corrected chi connectivity index (χ1v) is 10.0. The van der Waals surface area contributed by atoms with Crippen molar-refractivity contribution in [1.82, 2.24) is 15.3 Å². The number of nitrogens with two attached hydrogens (primary N) is 1. The molecule has 0 saturated carbocycles. The van der Waals surface area contributed by atoms with E-state index in [1.807, 2.05) is 6.07 Å². The average Bonchev–Trinajstić information content (AvgIpc) is 2.74. The van der Waals surface area contributed by atoms with Crippen LogP contribution in [-0.2, 0) is 35.9 Å². The van der Waals surface area contributed by atoms with Crippen LogP contribution in [0.1, 0.15) is 32.2 Å². The van der Waals surface area contributed by atoms with Gasteiger partial charge >= 0.3 is 11.9 Å². The molecule has 0 bridgehead atoms.